The Morgan fingerprint density at radius 3 is 2.47 bits per heavy atom. The van der Waals surface area contributed by atoms with Crippen LogP contribution in [0.1, 0.15) is 26.7 Å². The first-order valence-electron chi connectivity index (χ1n) is 5.11. The van der Waals surface area contributed by atoms with Crippen molar-refractivity contribution in [3.8, 4) is 0 Å². The second-order valence-corrected chi connectivity index (χ2v) is 9.62. The Kier molecular flexibility index (Phi) is 4.68. The van der Waals surface area contributed by atoms with Crippen LogP contribution in [-0.2, 0) is 21.3 Å². The van der Waals surface area contributed by atoms with Crippen LogP contribution in [-0.4, -0.2) is 4.21 Å². The Balaban J connectivity index is 0.00000112. The summed E-state index contributed by atoms with van der Waals surface area (Å²) in [5, 5.41) is 0. The van der Waals surface area contributed by atoms with Crippen LogP contribution in [0.15, 0.2) is 42.0 Å². The molecule has 80 valence electrons. The van der Waals surface area contributed by atoms with Crippen LogP contribution in [0.5, 0.6) is 0 Å². The van der Waals surface area contributed by atoms with Gasteiger partial charge in [-0.2, -0.15) is 0 Å². The molecule has 0 fully saturated rings. The monoisotopic (exact) mass is 298 g/mol. The van der Waals surface area contributed by atoms with E-state index < -0.39 is 21.3 Å². The molecule has 2 aliphatic carbocycles. The van der Waals surface area contributed by atoms with E-state index >= 15 is 0 Å². The summed E-state index contributed by atoms with van der Waals surface area (Å²) in [4.78, 5) is 0. The third-order valence-corrected chi connectivity index (χ3v) is 8.58. The average molecular weight is 300 g/mol. The molecule has 0 bridgehead atoms. The molecular weight excluding hydrogens is 283 g/mol. The molecule has 0 amide bonds. The standard InChI is InChI=1S/C7H9.C5H5.CH2.ClH.Zr/c1-6-4-3-5-7(6)2;1-2-4-5-3-1;;;/h4H,5H2,1-2H3;1-3H,4H2;1H2;1H;. The van der Waals surface area contributed by atoms with Crippen LogP contribution in [0.4, 0.5) is 0 Å². The molecule has 0 unspecified atom stereocenters. The van der Waals surface area contributed by atoms with Gasteiger partial charge in [0.15, 0.2) is 0 Å². The Labute approximate surface area is 106 Å². The number of allylic oxidation sites excluding steroid dienone is 8. The maximum atomic E-state index is 4.46. The summed E-state index contributed by atoms with van der Waals surface area (Å²) in [5.41, 5.74) is 3.03. The minimum atomic E-state index is -1.60. The predicted octanol–water partition coefficient (Wildman–Crippen LogP) is 3.93. The van der Waals surface area contributed by atoms with Gasteiger partial charge in [-0.05, 0) is 0 Å². The van der Waals surface area contributed by atoms with Crippen LogP contribution < -0.4 is 0 Å². The second-order valence-electron chi connectivity index (χ2n) is 4.11. The summed E-state index contributed by atoms with van der Waals surface area (Å²) >= 11 is -1.60. The Hall–Kier alpha value is 0.00312. The summed E-state index contributed by atoms with van der Waals surface area (Å²) in [6, 6.07) is 0. The van der Waals surface area contributed by atoms with E-state index in [-0.39, 0.29) is 12.4 Å². The van der Waals surface area contributed by atoms with E-state index in [0.717, 1.165) is 0 Å². The SMILES string of the molecule is Cl.[CH2]=[Zr]([C]1=CC=CC1)[C]1=CC(C)=C(C)C1. The van der Waals surface area contributed by atoms with Gasteiger partial charge in [-0.25, -0.2) is 0 Å². The molecule has 0 atom stereocenters. The first kappa shape index (κ1) is 13.1. The van der Waals surface area contributed by atoms with Crippen LogP contribution in [0.25, 0.3) is 0 Å². The van der Waals surface area contributed by atoms with Gasteiger partial charge in [-0.3, -0.25) is 0 Å². The van der Waals surface area contributed by atoms with E-state index in [2.05, 4.69) is 42.4 Å². The first-order chi connectivity index (χ1) is 6.68. The van der Waals surface area contributed by atoms with Crippen LogP contribution >= 0.6 is 12.4 Å². The van der Waals surface area contributed by atoms with Crippen LogP contribution in [0, 0.1) is 0 Å². The van der Waals surface area contributed by atoms with Crippen molar-refractivity contribution >= 4 is 16.6 Å². The Bertz CT molecular complexity index is 408. The van der Waals surface area contributed by atoms with E-state index in [1.54, 1.807) is 12.1 Å². The molecule has 2 rings (SSSR count). The zero-order chi connectivity index (χ0) is 10.1. The van der Waals surface area contributed by atoms with Crippen molar-refractivity contribution in [3.63, 3.8) is 0 Å². The van der Waals surface area contributed by atoms with Gasteiger partial charge in [-0.15, -0.1) is 12.4 Å². The predicted molar refractivity (Wildman–Crippen MR) is 67.3 cm³/mol. The van der Waals surface area contributed by atoms with Crippen molar-refractivity contribution in [2.24, 2.45) is 0 Å². The van der Waals surface area contributed by atoms with Gasteiger partial charge < -0.3 is 0 Å². The molecule has 0 aromatic rings. The summed E-state index contributed by atoms with van der Waals surface area (Å²) < 4.78 is 7.80. The number of hydrogen-bond acceptors (Lipinski definition) is 0. The topological polar surface area (TPSA) is 0 Å². The fourth-order valence-corrected chi connectivity index (χ4v) is 6.71. The van der Waals surface area contributed by atoms with E-state index in [0.29, 0.717) is 0 Å². The molecule has 2 aliphatic rings. The van der Waals surface area contributed by atoms with Crippen molar-refractivity contribution in [3.05, 3.63) is 42.0 Å². The van der Waals surface area contributed by atoms with Crippen molar-refractivity contribution in [1.82, 2.24) is 0 Å². The summed E-state index contributed by atoms with van der Waals surface area (Å²) in [7, 11) is 0. The van der Waals surface area contributed by atoms with Crippen molar-refractivity contribution < 1.29 is 21.3 Å². The molecule has 0 aromatic carbocycles. The summed E-state index contributed by atoms with van der Waals surface area (Å²) in [6.07, 6.45) is 11.5. The fourth-order valence-electron chi connectivity index (χ4n) is 1.93. The van der Waals surface area contributed by atoms with Gasteiger partial charge in [0.25, 0.3) is 0 Å². The number of rotatable bonds is 2. The molecule has 0 heterocycles. The van der Waals surface area contributed by atoms with Gasteiger partial charge in [0.1, 0.15) is 0 Å². The molecule has 0 saturated heterocycles. The molecule has 0 N–H and O–H groups in total. The number of hydrogen-bond donors (Lipinski definition) is 0. The van der Waals surface area contributed by atoms with Gasteiger partial charge in [0.2, 0.25) is 0 Å². The summed E-state index contributed by atoms with van der Waals surface area (Å²) in [5.74, 6) is 0. The minimum absolute atomic E-state index is 0. The molecule has 0 nitrogen and oxygen atoms in total. The van der Waals surface area contributed by atoms with E-state index in [1.807, 2.05) is 0 Å². The zero-order valence-corrected chi connectivity index (χ0v) is 12.6. The normalized spacial score (nSPS) is 18.8. The third-order valence-electron chi connectivity index (χ3n) is 3.07. The van der Waals surface area contributed by atoms with Crippen LogP contribution in [0.3, 0.4) is 0 Å². The van der Waals surface area contributed by atoms with Crippen molar-refractivity contribution in [2.45, 2.75) is 26.7 Å². The average Bonchev–Trinajstić information content (AvgIpc) is 2.76. The van der Waals surface area contributed by atoms with Gasteiger partial charge >= 0.3 is 94.2 Å². The zero-order valence-electron chi connectivity index (χ0n) is 9.34. The van der Waals surface area contributed by atoms with E-state index in [4.69, 9.17) is 0 Å². The maximum absolute atomic E-state index is 4.46. The van der Waals surface area contributed by atoms with Gasteiger partial charge in [0, 0.05) is 0 Å². The molecule has 15 heavy (non-hydrogen) atoms. The third kappa shape index (κ3) is 2.77. The van der Waals surface area contributed by atoms with Gasteiger partial charge in [-0.1, -0.05) is 0 Å². The molecule has 0 aromatic heterocycles. The van der Waals surface area contributed by atoms with E-state index in [9.17, 15) is 0 Å². The second kappa shape index (κ2) is 5.37. The Morgan fingerprint density at radius 1 is 1.27 bits per heavy atom. The first-order valence-corrected chi connectivity index (χ1v) is 9.30. The van der Waals surface area contributed by atoms with Crippen LogP contribution in [0.2, 0.25) is 0 Å². The molecule has 0 saturated carbocycles. The molecular formula is C13H17ClZr. The summed E-state index contributed by atoms with van der Waals surface area (Å²) in [6.45, 7) is 4.47. The van der Waals surface area contributed by atoms with Gasteiger partial charge in [0.05, 0.1) is 0 Å². The van der Waals surface area contributed by atoms with E-state index in [1.165, 1.54) is 18.4 Å². The Morgan fingerprint density at radius 2 is 2.00 bits per heavy atom. The molecule has 2 heteroatoms. The number of halogens is 1. The molecule has 0 radical (unpaired) electrons. The quantitative estimate of drug-likeness (QED) is 0.725. The fraction of sp³-hybridized carbons (Fsp3) is 0.308. The van der Waals surface area contributed by atoms with Crippen molar-refractivity contribution in [1.29, 1.82) is 0 Å². The van der Waals surface area contributed by atoms with Crippen molar-refractivity contribution in [2.75, 3.05) is 0 Å². The molecule has 0 aliphatic heterocycles. The molecule has 0 spiro atoms.